The highest BCUT2D eigenvalue weighted by Crippen LogP contribution is 2.29. The second-order valence-electron chi connectivity index (χ2n) is 9.48. The molecular formula is C27H31FN4O2. The van der Waals surface area contributed by atoms with Crippen molar-refractivity contribution in [2.75, 3.05) is 25.0 Å². The number of nitrogens with zero attached hydrogens (tertiary/aromatic N) is 3. The number of rotatable bonds is 5. The van der Waals surface area contributed by atoms with E-state index in [1.807, 2.05) is 17.9 Å². The Morgan fingerprint density at radius 1 is 1.15 bits per heavy atom. The molecule has 2 amide bonds. The molecule has 6 nitrogen and oxygen atoms in total. The van der Waals surface area contributed by atoms with Crippen LogP contribution in [0.15, 0.2) is 36.4 Å². The highest BCUT2D eigenvalue weighted by atomic mass is 19.1. The van der Waals surface area contributed by atoms with E-state index >= 15 is 0 Å². The molecule has 0 bridgehead atoms. The first-order valence-electron chi connectivity index (χ1n) is 12.0. The summed E-state index contributed by atoms with van der Waals surface area (Å²) in [6.45, 7) is 6.69. The number of anilines is 1. The van der Waals surface area contributed by atoms with Gasteiger partial charge in [0.1, 0.15) is 5.82 Å². The standard InChI is InChI=1S/C27H31FN4O2/c1-18-16-31(11-12-32(18)27(34)22-5-3-4-6-22)17-23-13-24(28)14-25(19(23)2)30-26(33)21-9-7-20(15-29)8-10-21/h7-10,13-14,18,22H,3-6,11-12,16-17H2,1-2H3,(H,30,33). The predicted octanol–water partition coefficient (Wildman–Crippen LogP) is 4.48. The smallest absolute Gasteiger partial charge is 0.255 e. The van der Waals surface area contributed by atoms with Crippen LogP contribution < -0.4 is 5.32 Å². The van der Waals surface area contributed by atoms with Gasteiger partial charge in [-0.2, -0.15) is 5.26 Å². The molecule has 1 N–H and O–H groups in total. The van der Waals surface area contributed by atoms with Gasteiger partial charge < -0.3 is 10.2 Å². The Morgan fingerprint density at radius 2 is 1.85 bits per heavy atom. The van der Waals surface area contributed by atoms with Crippen LogP contribution in [0.25, 0.3) is 0 Å². The second-order valence-corrected chi connectivity index (χ2v) is 9.48. The lowest BCUT2D eigenvalue weighted by atomic mass is 10.0. The number of halogens is 1. The Labute approximate surface area is 200 Å². The van der Waals surface area contributed by atoms with Crippen molar-refractivity contribution in [2.24, 2.45) is 5.92 Å². The highest BCUT2D eigenvalue weighted by molar-refractivity contribution is 6.04. The second kappa shape index (κ2) is 10.4. The number of nitrogens with one attached hydrogen (secondary N) is 1. The van der Waals surface area contributed by atoms with Gasteiger partial charge in [-0.1, -0.05) is 12.8 Å². The Bertz CT molecular complexity index is 1100. The molecule has 2 aromatic rings. The van der Waals surface area contributed by atoms with E-state index in [2.05, 4.69) is 17.1 Å². The molecule has 4 rings (SSSR count). The third-order valence-corrected chi connectivity index (χ3v) is 7.10. The Hall–Kier alpha value is -3.24. The number of carbonyl (C=O) groups is 2. The molecular weight excluding hydrogens is 431 g/mol. The van der Waals surface area contributed by atoms with Crippen LogP contribution >= 0.6 is 0 Å². The summed E-state index contributed by atoms with van der Waals surface area (Å²) in [6, 6.07) is 11.3. The molecule has 1 aliphatic carbocycles. The molecule has 1 saturated carbocycles. The first kappa shape index (κ1) is 23.9. The monoisotopic (exact) mass is 462 g/mol. The number of nitriles is 1. The minimum atomic E-state index is -0.404. The van der Waals surface area contributed by atoms with Crippen molar-refractivity contribution in [3.8, 4) is 6.07 Å². The van der Waals surface area contributed by atoms with Gasteiger partial charge in [0.2, 0.25) is 5.91 Å². The number of amides is 2. The molecule has 1 heterocycles. The maximum atomic E-state index is 14.5. The Kier molecular flexibility index (Phi) is 7.28. The maximum absolute atomic E-state index is 14.5. The van der Waals surface area contributed by atoms with Gasteiger partial charge in [-0.3, -0.25) is 14.5 Å². The van der Waals surface area contributed by atoms with E-state index in [1.54, 1.807) is 24.3 Å². The van der Waals surface area contributed by atoms with Crippen molar-refractivity contribution in [1.82, 2.24) is 9.80 Å². The third kappa shape index (κ3) is 5.28. The highest BCUT2D eigenvalue weighted by Gasteiger charge is 2.33. The first-order chi connectivity index (χ1) is 16.4. The summed E-state index contributed by atoms with van der Waals surface area (Å²) in [5, 5.41) is 11.7. The summed E-state index contributed by atoms with van der Waals surface area (Å²) < 4.78 is 14.5. The lowest BCUT2D eigenvalue weighted by molar-refractivity contribution is -0.140. The van der Waals surface area contributed by atoms with E-state index in [4.69, 9.17) is 5.26 Å². The van der Waals surface area contributed by atoms with Crippen LogP contribution in [0.2, 0.25) is 0 Å². The van der Waals surface area contributed by atoms with Gasteiger partial charge in [-0.15, -0.1) is 0 Å². The summed E-state index contributed by atoms with van der Waals surface area (Å²) in [6.07, 6.45) is 4.30. The number of hydrogen-bond donors (Lipinski definition) is 1. The molecule has 1 atom stereocenters. The van der Waals surface area contributed by atoms with E-state index in [1.165, 1.54) is 12.1 Å². The molecule has 0 aromatic heterocycles. The number of benzene rings is 2. The topological polar surface area (TPSA) is 76.4 Å². The van der Waals surface area contributed by atoms with Crippen molar-refractivity contribution in [3.63, 3.8) is 0 Å². The number of piperazine rings is 1. The number of carbonyl (C=O) groups excluding carboxylic acids is 2. The first-order valence-corrected chi connectivity index (χ1v) is 12.0. The van der Waals surface area contributed by atoms with Gasteiger partial charge in [0, 0.05) is 49.4 Å². The van der Waals surface area contributed by atoms with E-state index in [0.29, 0.717) is 35.8 Å². The van der Waals surface area contributed by atoms with Gasteiger partial charge in [-0.05, 0) is 74.2 Å². The zero-order valence-corrected chi connectivity index (χ0v) is 19.8. The molecule has 2 aliphatic rings. The molecule has 1 unspecified atom stereocenters. The fourth-order valence-electron chi connectivity index (χ4n) is 5.07. The van der Waals surface area contributed by atoms with Crippen molar-refractivity contribution >= 4 is 17.5 Å². The van der Waals surface area contributed by atoms with Crippen LogP contribution in [-0.4, -0.2) is 47.3 Å². The van der Waals surface area contributed by atoms with Crippen molar-refractivity contribution < 1.29 is 14.0 Å². The molecule has 1 saturated heterocycles. The average molecular weight is 463 g/mol. The quantitative estimate of drug-likeness (QED) is 0.711. The van der Waals surface area contributed by atoms with Crippen LogP contribution in [0, 0.1) is 30.0 Å². The predicted molar refractivity (Wildman–Crippen MR) is 129 cm³/mol. The van der Waals surface area contributed by atoms with E-state index in [-0.39, 0.29) is 17.9 Å². The summed E-state index contributed by atoms with van der Waals surface area (Å²) in [5.74, 6) is -0.281. The fraction of sp³-hybridized carbons (Fsp3) is 0.444. The molecule has 1 aliphatic heterocycles. The summed E-state index contributed by atoms with van der Waals surface area (Å²) in [7, 11) is 0. The van der Waals surface area contributed by atoms with Crippen LogP contribution in [0.1, 0.15) is 59.7 Å². The Balaban J connectivity index is 1.42. The van der Waals surface area contributed by atoms with Gasteiger partial charge in [0.25, 0.3) is 5.91 Å². The minimum absolute atomic E-state index is 0.117. The summed E-state index contributed by atoms with van der Waals surface area (Å²) in [4.78, 5) is 29.8. The van der Waals surface area contributed by atoms with Crippen LogP contribution in [0.5, 0.6) is 0 Å². The van der Waals surface area contributed by atoms with Gasteiger partial charge in [0.15, 0.2) is 0 Å². The molecule has 0 radical (unpaired) electrons. The van der Waals surface area contributed by atoms with Crippen molar-refractivity contribution in [1.29, 1.82) is 5.26 Å². The molecule has 178 valence electrons. The lowest BCUT2D eigenvalue weighted by Gasteiger charge is -2.41. The van der Waals surface area contributed by atoms with Gasteiger partial charge >= 0.3 is 0 Å². The summed E-state index contributed by atoms with van der Waals surface area (Å²) >= 11 is 0. The minimum Gasteiger partial charge on any atom is -0.337 e. The zero-order valence-electron chi connectivity index (χ0n) is 19.8. The normalized spacial score (nSPS) is 19.1. The molecule has 2 fully saturated rings. The maximum Gasteiger partial charge on any atom is 0.255 e. The lowest BCUT2D eigenvalue weighted by Crippen LogP contribution is -2.54. The number of hydrogen-bond acceptors (Lipinski definition) is 4. The molecule has 0 spiro atoms. The molecule has 34 heavy (non-hydrogen) atoms. The molecule has 2 aromatic carbocycles. The van der Waals surface area contributed by atoms with Crippen molar-refractivity contribution in [3.05, 3.63) is 64.5 Å². The largest absolute Gasteiger partial charge is 0.337 e. The van der Waals surface area contributed by atoms with Crippen LogP contribution in [0.3, 0.4) is 0 Å². The average Bonchev–Trinajstić information content (AvgIpc) is 3.37. The third-order valence-electron chi connectivity index (χ3n) is 7.10. The van der Waals surface area contributed by atoms with E-state index in [9.17, 15) is 14.0 Å². The Morgan fingerprint density at radius 3 is 2.50 bits per heavy atom. The van der Waals surface area contributed by atoms with E-state index in [0.717, 1.165) is 49.9 Å². The molecule has 7 heteroatoms. The summed E-state index contributed by atoms with van der Waals surface area (Å²) in [5.41, 5.74) is 2.95. The van der Waals surface area contributed by atoms with Crippen LogP contribution in [0.4, 0.5) is 10.1 Å². The van der Waals surface area contributed by atoms with Crippen LogP contribution in [-0.2, 0) is 11.3 Å². The van der Waals surface area contributed by atoms with Gasteiger partial charge in [0.05, 0.1) is 11.6 Å². The van der Waals surface area contributed by atoms with Gasteiger partial charge in [-0.25, -0.2) is 4.39 Å². The SMILES string of the molecule is Cc1c(CN2CCN(C(=O)C3CCCC3)C(C)C2)cc(F)cc1NC(=O)c1ccc(C#N)cc1. The van der Waals surface area contributed by atoms with Crippen molar-refractivity contribution in [2.45, 2.75) is 52.1 Å². The fourth-order valence-corrected chi connectivity index (χ4v) is 5.07. The zero-order chi connectivity index (χ0) is 24.2. The van der Waals surface area contributed by atoms with E-state index < -0.39 is 5.82 Å².